The molecule has 1 aliphatic heterocycles. The summed E-state index contributed by atoms with van der Waals surface area (Å²) in [5.41, 5.74) is 3.81. The molecule has 0 radical (unpaired) electrons. The highest BCUT2D eigenvalue weighted by atomic mass is 16.5. The summed E-state index contributed by atoms with van der Waals surface area (Å²) < 4.78 is 12.4. The van der Waals surface area contributed by atoms with Gasteiger partial charge >= 0.3 is 0 Å². The number of aryl methyl sites for hydroxylation is 1. The van der Waals surface area contributed by atoms with E-state index in [0.717, 1.165) is 55.8 Å². The van der Waals surface area contributed by atoms with Crippen LogP contribution >= 0.6 is 0 Å². The van der Waals surface area contributed by atoms with Crippen molar-refractivity contribution in [3.8, 4) is 5.75 Å². The third-order valence-corrected chi connectivity index (χ3v) is 7.26. The molecule has 1 aliphatic rings. The number of fused-ring (bicyclic) bond motifs is 1. The molecule has 1 saturated heterocycles. The van der Waals surface area contributed by atoms with E-state index in [1.165, 1.54) is 11.1 Å². The molecule has 0 bridgehead atoms. The van der Waals surface area contributed by atoms with Crippen molar-refractivity contribution in [3.05, 3.63) is 81.4 Å². The second kappa shape index (κ2) is 11.8. The number of pyridine rings is 1. The van der Waals surface area contributed by atoms with Gasteiger partial charge in [0, 0.05) is 50.9 Å². The third kappa shape index (κ3) is 5.62. The first-order valence-electron chi connectivity index (χ1n) is 13.1. The molecular weight excluding hydrogens is 482 g/mol. The maximum absolute atomic E-state index is 13.5. The van der Waals surface area contributed by atoms with Gasteiger partial charge in [0.15, 0.2) is 5.82 Å². The number of piperazine rings is 1. The first kappa shape index (κ1) is 26.0. The lowest BCUT2D eigenvalue weighted by atomic mass is 10.0. The summed E-state index contributed by atoms with van der Waals surface area (Å²) in [4.78, 5) is 21.3. The van der Waals surface area contributed by atoms with Gasteiger partial charge in [-0.1, -0.05) is 25.1 Å². The predicted octanol–water partition coefficient (Wildman–Crippen LogP) is 2.64. The summed E-state index contributed by atoms with van der Waals surface area (Å²) in [7, 11) is 3.35. The van der Waals surface area contributed by atoms with Crippen LogP contribution in [0.5, 0.6) is 5.75 Å². The van der Waals surface area contributed by atoms with Crippen LogP contribution in [0.25, 0.3) is 10.9 Å². The van der Waals surface area contributed by atoms with E-state index in [1.807, 2.05) is 24.3 Å². The van der Waals surface area contributed by atoms with Crippen molar-refractivity contribution in [1.82, 2.24) is 35.0 Å². The van der Waals surface area contributed by atoms with Crippen LogP contribution < -0.4 is 10.3 Å². The Morgan fingerprint density at radius 3 is 2.63 bits per heavy atom. The van der Waals surface area contributed by atoms with Crippen molar-refractivity contribution < 1.29 is 9.47 Å². The zero-order chi connectivity index (χ0) is 26.5. The van der Waals surface area contributed by atoms with Crippen LogP contribution in [0.3, 0.4) is 0 Å². The minimum Gasteiger partial charge on any atom is -0.497 e. The molecule has 38 heavy (non-hydrogen) atoms. The normalized spacial score (nSPS) is 15.7. The Bertz CT molecular complexity index is 1430. The van der Waals surface area contributed by atoms with Crippen molar-refractivity contribution >= 4 is 10.9 Å². The average Bonchev–Trinajstić information content (AvgIpc) is 3.41. The Morgan fingerprint density at radius 1 is 1.03 bits per heavy atom. The Balaban J connectivity index is 1.45. The van der Waals surface area contributed by atoms with E-state index in [1.54, 1.807) is 18.9 Å². The molecule has 0 saturated carbocycles. The fourth-order valence-corrected chi connectivity index (χ4v) is 5.15. The summed E-state index contributed by atoms with van der Waals surface area (Å²) in [6.45, 7) is 7.24. The zero-order valence-electron chi connectivity index (χ0n) is 22.3. The molecule has 0 unspecified atom stereocenters. The number of H-pyrrole nitrogens is 1. The van der Waals surface area contributed by atoms with Gasteiger partial charge in [-0.15, -0.1) is 5.10 Å². The maximum Gasteiger partial charge on any atom is 0.253 e. The van der Waals surface area contributed by atoms with Crippen molar-refractivity contribution in [2.75, 3.05) is 47.0 Å². The molecule has 0 aliphatic carbocycles. The Morgan fingerprint density at radius 2 is 1.87 bits per heavy atom. The van der Waals surface area contributed by atoms with Crippen molar-refractivity contribution in [1.29, 1.82) is 0 Å². The van der Waals surface area contributed by atoms with Gasteiger partial charge in [0.2, 0.25) is 0 Å². The van der Waals surface area contributed by atoms with Crippen LogP contribution in [0.1, 0.15) is 35.5 Å². The monoisotopic (exact) mass is 517 g/mol. The minimum absolute atomic E-state index is 0.119. The summed E-state index contributed by atoms with van der Waals surface area (Å²) >= 11 is 0. The third-order valence-electron chi connectivity index (χ3n) is 7.26. The second-order valence-electron chi connectivity index (χ2n) is 9.65. The maximum atomic E-state index is 13.5. The number of methoxy groups -OCH3 is 2. The van der Waals surface area contributed by atoms with E-state index >= 15 is 0 Å². The molecule has 0 amide bonds. The van der Waals surface area contributed by atoms with E-state index in [-0.39, 0.29) is 11.6 Å². The van der Waals surface area contributed by atoms with E-state index in [2.05, 4.69) is 61.5 Å². The van der Waals surface area contributed by atoms with Crippen molar-refractivity contribution in [3.63, 3.8) is 0 Å². The first-order chi connectivity index (χ1) is 18.6. The lowest BCUT2D eigenvalue weighted by Crippen LogP contribution is -2.48. The van der Waals surface area contributed by atoms with Crippen LogP contribution in [0.2, 0.25) is 0 Å². The number of hydrogen-bond acceptors (Lipinski definition) is 8. The summed E-state index contributed by atoms with van der Waals surface area (Å²) in [6, 6.07) is 16.0. The van der Waals surface area contributed by atoms with Gasteiger partial charge in [-0.2, -0.15) is 0 Å². The summed E-state index contributed by atoms with van der Waals surface area (Å²) in [6.07, 6.45) is 0.929. The van der Waals surface area contributed by atoms with Crippen LogP contribution in [0.15, 0.2) is 53.3 Å². The molecule has 3 heterocycles. The fourth-order valence-electron chi connectivity index (χ4n) is 5.15. The standard InChI is InChI=1S/C28H35N7O3/c1-4-20-8-9-25-22(16-20)18-24(28(36)29-25)26(27-30-31-32-35(27)14-15-37-2)34-12-10-33(11-13-34)19-21-6-5-7-23(17-21)38-3/h5-9,16-18,26H,4,10-15,19H2,1-3H3,(H,29,36)/t26-/m0/s1. The number of aromatic nitrogens is 5. The number of aromatic amines is 1. The number of nitrogens with zero attached hydrogens (tertiary/aromatic N) is 6. The predicted molar refractivity (Wildman–Crippen MR) is 145 cm³/mol. The molecular formula is C28H35N7O3. The Hall–Kier alpha value is -3.60. The largest absolute Gasteiger partial charge is 0.497 e. The quantitative estimate of drug-likeness (QED) is 0.343. The van der Waals surface area contributed by atoms with Gasteiger partial charge in [-0.3, -0.25) is 14.6 Å². The van der Waals surface area contributed by atoms with Gasteiger partial charge in [-0.25, -0.2) is 4.68 Å². The molecule has 5 rings (SSSR count). The second-order valence-corrected chi connectivity index (χ2v) is 9.65. The van der Waals surface area contributed by atoms with Crippen LogP contribution in [-0.4, -0.2) is 82.0 Å². The van der Waals surface area contributed by atoms with Gasteiger partial charge in [0.1, 0.15) is 11.8 Å². The van der Waals surface area contributed by atoms with E-state index < -0.39 is 0 Å². The molecule has 1 atom stereocenters. The van der Waals surface area contributed by atoms with Crippen molar-refractivity contribution in [2.24, 2.45) is 0 Å². The molecule has 10 heteroatoms. The summed E-state index contributed by atoms with van der Waals surface area (Å²) in [5.74, 6) is 1.52. The molecule has 0 spiro atoms. The number of benzene rings is 2. The summed E-state index contributed by atoms with van der Waals surface area (Å²) in [5, 5.41) is 13.6. The molecule has 2 aromatic heterocycles. The van der Waals surface area contributed by atoms with E-state index in [4.69, 9.17) is 9.47 Å². The highest BCUT2D eigenvalue weighted by molar-refractivity contribution is 5.80. The van der Waals surface area contributed by atoms with Gasteiger partial charge < -0.3 is 14.5 Å². The van der Waals surface area contributed by atoms with Crippen LogP contribution in [0.4, 0.5) is 0 Å². The Labute approximate surface area is 222 Å². The van der Waals surface area contributed by atoms with E-state index in [9.17, 15) is 4.79 Å². The number of hydrogen-bond donors (Lipinski definition) is 1. The van der Waals surface area contributed by atoms with Gasteiger partial charge in [0.05, 0.1) is 20.3 Å². The molecule has 200 valence electrons. The zero-order valence-corrected chi connectivity index (χ0v) is 22.3. The minimum atomic E-state index is -0.376. The molecule has 10 nitrogen and oxygen atoms in total. The lowest BCUT2D eigenvalue weighted by Gasteiger charge is -2.38. The Kier molecular flexibility index (Phi) is 8.11. The topological polar surface area (TPSA) is 101 Å². The molecule has 2 aromatic carbocycles. The van der Waals surface area contributed by atoms with Gasteiger partial charge in [0.25, 0.3) is 5.56 Å². The number of tetrazole rings is 1. The highest BCUT2D eigenvalue weighted by Crippen LogP contribution is 2.28. The smallest absolute Gasteiger partial charge is 0.253 e. The number of ether oxygens (including phenoxy) is 2. The SMILES string of the molecule is CCc1ccc2[nH]c(=O)c([C@@H](c3nnnn3CCOC)N3CCN(Cc4cccc(OC)c4)CC3)cc2c1. The van der Waals surface area contributed by atoms with Crippen LogP contribution in [0, 0.1) is 0 Å². The number of nitrogens with one attached hydrogen (secondary N) is 1. The van der Waals surface area contributed by atoms with E-state index in [0.29, 0.717) is 24.5 Å². The molecule has 1 N–H and O–H groups in total. The molecule has 1 fully saturated rings. The number of rotatable bonds is 10. The fraction of sp³-hybridized carbons (Fsp3) is 0.429. The van der Waals surface area contributed by atoms with Gasteiger partial charge in [-0.05, 0) is 63.7 Å². The van der Waals surface area contributed by atoms with Crippen LogP contribution in [-0.2, 0) is 24.2 Å². The van der Waals surface area contributed by atoms with Crippen molar-refractivity contribution in [2.45, 2.75) is 32.5 Å². The molecule has 4 aromatic rings. The average molecular weight is 518 g/mol. The lowest BCUT2D eigenvalue weighted by molar-refractivity contribution is 0.0984. The highest BCUT2D eigenvalue weighted by Gasteiger charge is 2.32. The first-order valence-corrected chi connectivity index (χ1v) is 13.1.